The maximum atomic E-state index is 12.2. The van der Waals surface area contributed by atoms with Gasteiger partial charge in [0.05, 0.1) is 11.4 Å². The average Bonchev–Trinajstić information content (AvgIpc) is 2.54. The second-order valence-corrected chi connectivity index (χ2v) is 6.07. The van der Waals surface area contributed by atoms with E-state index in [9.17, 15) is 9.59 Å². The average molecular weight is 312 g/mol. The summed E-state index contributed by atoms with van der Waals surface area (Å²) in [5.74, 6) is 0.260. The van der Waals surface area contributed by atoms with E-state index in [1.807, 2.05) is 36.4 Å². The van der Waals surface area contributed by atoms with Crippen molar-refractivity contribution in [2.45, 2.75) is 18.2 Å². The molecule has 0 saturated carbocycles. The molecule has 1 aliphatic rings. The van der Waals surface area contributed by atoms with Crippen LogP contribution in [0.2, 0.25) is 0 Å². The molecule has 22 heavy (non-hydrogen) atoms. The molecule has 0 aromatic heterocycles. The summed E-state index contributed by atoms with van der Waals surface area (Å²) in [7, 11) is 0. The van der Waals surface area contributed by atoms with Crippen molar-refractivity contribution < 1.29 is 9.59 Å². The van der Waals surface area contributed by atoms with E-state index in [0.717, 1.165) is 17.0 Å². The molecule has 0 spiro atoms. The van der Waals surface area contributed by atoms with Gasteiger partial charge >= 0.3 is 0 Å². The second kappa shape index (κ2) is 6.23. The molecule has 2 aromatic rings. The number of hydrogen-bond donors (Lipinski definition) is 2. The van der Waals surface area contributed by atoms with Crippen molar-refractivity contribution in [1.82, 2.24) is 0 Å². The Labute approximate surface area is 133 Å². The number of nitrogens with one attached hydrogen (secondary N) is 2. The van der Waals surface area contributed by atoms with Gasteiger partial charge in [-0.25, -0.2) is 0 Å². The molecule has 0 aliphatic carbocycles. The van der Waals surface area contributed by atoms with E-state index in [1.165, 1.54) is 17.3 Å². The highest BCUT2D eigenvalue weighted by Gasteiger charge is 2.16. The predicted octanol–water partition coefficient (Wildman–Crippen LogP) is 3.55. The van der Waals surface area contributed by atoms with E-state index in [0.29, 0.717) is 17.0 Å². The lowest BCUT2D eigenvalue weighted by Gasteiger charge is -2.17. The van der Waals surface area contributed by atoms with Crippen LogP contribution in [0.25, 0.3) is 0 Å². The third-order valence-electron chi connectivity index (χ3n) is 3.49. The Balaban J connectivity index is 1.76. The second-order valence-electron chi connectivity index (χ2n) is 5.05. The Kier molecular flexibility index (Phi) is 4.15. The summed E-state index contributed by atoms with van der Waals surface area (Å²) >= 11 is 1.50. The molecule has 4 nitrogen and oxygen atoms in total. The minimum Gasteiger partial charge on any atom is -0.324 e. The van der Waals surface area contributed by atoms with Gasteiger partial charge in [0.1, 0.15) is 0 Å². The number of amides is 2. The van der Waals surface area contributed by atoms with E-state index in [-0.39, 0.29) is 11.8 Å². The maximum absolute atomic E-state index is 12.2. The van der Waals surface area contributed by atoms with Crippen LogP contribution >= 0.6 is 11.8 Å². The summed E-state index contributed by atoms with van der Waals surface area (Å²) in [4.78, 5) is 24.7. The van der Waals surface area contributed by atoms with Crippen LogP contribution in [-0.2, 0) is 11.2 Å². The Morgan fingerprint density at radius 1 is 1.23 bits per heavy atom. The lowest BCUT2D eigenvalue weighted by molar-refractivity contribution is -0.113. The first-order valence-electron chi connectivity index (χ1n) is 7.12. The minimum absolute atomic E-state index is 0.0175. The molecule has 0 bridgehead atoms. The Hall–Kier alpha value is -2.27. The standard InChI is InChI=1S/C17H16N2O2S/c1-2-11-3-5-12(6-4-11)17(21)18-13-7-8-15-14(9-13)19-16(20)10-22-15/h3-9H,2,10H2,1H3,(H,18,21)(H,19,20). The number of rotatable bonds is 3. The third-order valence-corrected chi connectivity index (χ3v) is 4.57. The molecule has 0 saturated heterocycles. The van der Waals surface area contributed by atoms with Crippen LogP contribution in [-0.4, -0.2) is 17.6 Å². The summed E-state index contributed by atoms with van der Waals surface area (Å²) in [5.41, 5.74) is 3.24. The SMILES string of the molecule is CCc1ccc(C(=O)Nc2ccc3c(c2)NC(=O)CS3)cc1. The first kappa shape index (κ1) is 14.7. The van der Waals surface area contributed by atoms with Gasteiger partial charge < -0.3 is 10.6 Å². The van der Waals surface area contributed by atoms with Gasteiger partial charge in [0, 0.05) is 16.1 Å². The van der Waals surface area contributed by atoms with Crippen LogP contribution in [0.3, 0.4) is 0 Å². The summed E-state index contributed by atoms with van der Waals surface area (Å²) in [6.45, 7) is 2.08. The lowest BCUT2D eigenvalue weighted by Crippen LogP contribution is -2.19. The van der Waals surface area contributed by atoms with Gasteiger partial charge in [-0.1, -0.05) is 19.1 Å². The van der Waals surface area contributed by atoms with Crippen molar-refractivity contribution in [2.75, 3.05) is 16.4 Å². The van der Waals surface area contributed by atoms with Crippen molar-refractivity contribution in [1.29, 1.82) is 0 Å². The van der Waals surface area contributed by atoms with Gasteiger partial charge in [0.2, 0.25) is 5.91 Å². The van der Waals surface area contributed by atoms with Gasteiger partial charge in [0.25, 0.3) is 5.91 Å². The van der Waals surface area contributed by atoms with Crippen molar-refractivity contribution >= 4 is 35.0 Å². The minimum atomic E-state index is -0.155. The third kappa shape index (κ3) is 3.14. The molecule has 5 heteroatoms. The van der Waals surface area contributed by atoms with Crippen LogP contribution in [0, 0.1) is 0 Å². The molecule has 0 fully saturated rings. The van der Waals surface area contributed by atoms with Crippen molar-refractivity contribution in [3.05, 3.63) is 53.6 Å². The van der Waals surface area contributed by atoms with Gasteiger partial charge in [-0.2, -0.15) is 0 Å². The Morgan fingerprint density at radius 3 is 2.73 bits per heavy atom. The number of benzene rings is 2. The van der Waals surface area contributed by atoms with Crippen molar-refractivity contribution in [3.8, 4) is 0 Å². The molecule has 2 aromatic carbocycles. The fraction of sp³-hybridized carbons (Fsp3) is 0.176. The highest BCUT2D eigenvalue weighted by Crippen LogP contribution is 2.33. The van der Waals surface area contributed by atoms with Gasteiger partial charge in [0.15, 0.2) is 0 Å². The van der Waals surface area contributed by atoms with E-state index >= 15 is 0 Å². The van der Waals surface area contributed by atoms with E-state index < -0.39 is 0 Å². The highest BCUT2D eigenvalue weighted by atomic mass is 32.2. The Bertz CT molecular complexity index is 726. The predicted molar refractivity (Wildman–Crippen MR) is 89.6 cm³/mol. The zero-order chi connectivity index (χ0) is 15.5. The zero-order valence-corrected chi connectivity index (χ0v) is 13.0. The summed E-state index contributed by atoms with van der Waals surface area (Å²) in [6, 6.07) is 13.1. The van der Waals surface area contributed by atoms with Gasteiger partial charge in [-0.3, -0.25) is 9.59 Å². The lowest BCUT2D eigenvalue weighted by atomic mass is 10.1. The van der Waals surface area contributed by atoms with E-state index in [4.69, 9.17) is 0 Å². The van der Waals surface area contributed by atoms with E-state index in [1.54, 1.807) is 6.07 Å². The first-order chi connectivity index (χ1) is 10.7. The number of anilines is 2. The fourth-order valence-electron chi connectivity index (χ4n) is 2.26. The number of carbonyl (C=O) groups is 2. The topological polar surface area (TPSA) is 58.2 Å². The van der Waals surface area contributed by atoms with Crippen LogP contribution in [0.15, 0.2) is 47.4 Å². The molecule has 3 rings (SSSR count). The Morgan fingerprint density at radius 2 is 2.00 bits per heavy atom. The monoisotopic (exact) mass is 312 g/mol. The molecule has 0 unspecified atom stereocenters. The maximum Gasteiger partial charge on any atom is 0.255 e. The van der Waals surface area contributed by atoms with Crippen molar-refractivity contribution in [2.24, 2.45) is 0 Å². The van der Waals surface area contributed by atoms with Crippen molar-refractivity contribution in [3.63, 3.8) is 0 Å². The van der Waals surface area contributed by atoms with Gasteiger partial charge in [-0.05, 0) is 42.3 Å². The zero-order valence-electron chi connectivity index (χ0n) is 12.2. The number of fused-ring (bicyclic) bond motifs is 1. The molecular weight excluding hydrogens is 296 g/mol. The number of carbonyl (C=O) groups excluding carboxylic acids is 2. The number of aryl methyl sites for hydroxylation is 1. The number of hydrogen-bond acceptors (Lipinski definition) is 3. The van der Waals surface area contributed by atoms with Crippen LogP contribution < -0.4 is 10.6 Å². The molecular formula is C17H16N2O2S. The molecule has 2 amide bonds. The first-order valence-corrected chi connectivity index (χ1v) is 8.11. The van der Waals surface area contributed by atoms with Crippen LogP contribution in [0.1, 0.15) is 22.8 Å². The fourth-order valence-corrected chi connectivity index (χ4v) is 3.04. The van der Waals surface area contributed by atoms with E-state index in [2.05, 4.69) is 17.6 Å². The van der Waals surface area contributed by atoms with Crippen LogP contribution in [0.5, 0.6) is 0 Å². The largest absolute Gasteiger partial charge is 0.324 e. The number of thioether (sulfide) groups is 1. The van der Waals surface area contributed by atoms with Crippen LogP contribution in [0.4, 0.5) is 11.4 Å². The summed E-state index contributed by atoms with van der Waals surface area (Å²) < 4.78 is 0. The normalized spacial score (nSPS) is 13.2. The highest BCUT2D eigenvalue weighted by molar-refractivity contribution is 8.00. The molecule has 1 heterocycles. The molecule has 0 radical (unpaired) electrons. The molecule has 1 aliphatic heterocycles. The quantitative estimate of drug-likeness (QED) is 0.911. The smallest absolute Gasteiger partial charge is 0.255 e. The molecule has 112 valence electrons. The summed E-state index contributed by atoms with van der Waals surface area (Å²) in [5, 5.41) is 5.68. The summed E-state index contributed by atoms with van der Waals surface area (Å²) in [6.07, 6.45) is 0.948. The molecule has 2 N–H and O–H groups in total. The van der Waals surface area contributed by atoms with Gasteiger partial charge in [-0.15, -0.1) is 11.8 Å². The molecule has 0 atom stereocenters.